The maximum absolute atomic E-state index is 11.7. The zero-order valence-electron chi connectivity index (χ0n) is 15.9. The fraction of sp³-hybridized carbons (Fsp3) is 0.190. The molecule has 0 saturated carbocycles. The van der Waals surface area contributed by atoms with Crippen molar-refractivity contribution in [1.82, 2.24) is 9.97 Å². The SMILES string of the molecule is CCOC(=O)c1ccc(Nc2nc(C)cc(Nc3cccc(Cl)c3C)n2)cc1. The van der Waals surface area contributed by atoms with Crippen LogP contribution in [-0.4, -0.2) is 22.5 Å². The molecule has 28 heavy (non-hydrogen) atoms. The third-order valence-corrected chi connectivity index (χ3v) is 4.45. The Morgan fingerprint density at radius 3 is 2.54 bits per heavy atom. The first-order valence-electron chi connectivity index (χ1n) is 8.88. The molecule has 2 aromatic carbocycles. The number of aromatic nitrogens is 2. The van der Waals surface area contributed by atoms with E-state index in [9.17, 15) is 4.79 Å². The molecule has 2 N–H and O–H groups in total. The number of benzene rings is 2. The molecule has 0 amide bonds. The molecule has 0 atom stereocenters. The topological polar surface area (TPSA) is 76.1 Å². The van der Waals surface area contributed by atoms with Crippen LogP contribution in [0.3, 0.4) is 0 Å². The molecule has 0 bridgehead atoms. The van der Waals surface area contributed by atoms with E-state index in [2.05, 4.69) is 20.6 Å². The highest BCUT2D eigenvalue weighted by atomic mass is 35.5. The number of carbonyl (C=O) groups excluding carboxylic acids is 1. The Balaban J connectivity index is 1.78. The van der Waals surface area contributed by atoms with Gasteiger partial charge >= 0.3 is 5.97 Å². The highest BCUT2D eigenvalue weighted by Gasteiger charge is 2.08. The lowest BCUT2D eigenvalue weighted by molar-refractivity contribution is 0.0526. The molecule has 0 spiro atoms. The van der Waals surface area contributed by atoms with Gasteiger partial charge in [0.1, 0.15) is 5.82 Å². The van der Waals surface area contributed by atoms with Gasteiger partial charge in [0.25, 0.3) is 0 Å². The van der Waals surface area contributed by atoms with E-state index in [1.54, 1.807) is 31.2 Å². The van der Waals surface area contributed by atoms with E-state index >= 15 is 0 Å². The van der Waals surface area contributed by atoms with Gasteiger partial charge in [0, 0.05) is 28.2 Å². The van der Waals surface area contributed by atoms with Crippen molar-refractivity contribution >= 4 is 40.7 Å². The molecular weight excluding hydrogens is 376 g/mol. The molecule has 3 aromatic rings. The van der Waals surface area contributed by atoms with Crippen LogP contribution in [-0.2, 0) is 4.74 Å². The summed E-state index contributed by atoms with van der Waals surface area (Å²) in [6.45, 7) is 5.97. The van der Waals surface area contributed by atoms with Gasteiger partial charge in [0.2, 0.25) is 5.95 Å². The molecule has 1 aromatic heterocycles. The smallest absolute Gasteiger partial charge is 0.338 e. The van der Waals surface area contributed by atoms with Crippen LogP contribution in [0.25, 0.3) is 0 Å². The summed E-state index contributed by atoms with van der Waals surface area (Å²) in [4.78, 5) is 20.7. The Kier molecular flexibility index (Phi) is 6.11. The fourth-order valence-electron chi connectivity index (χ4n) is 2.60. The van der Waals surface area contributed by atoms with Crippen LogP contribution in [0.4, 0.5) is 23.1 Å². The number of hydrogen-bond donors (Lipinski definition) is 2. The Labute approximate surface area is 168 Å². The molecule has 0 fully saturated rings. The van der Waals surface area contributed by atoms with Crippen LogP contribution >= 0.6 is 11.6 Å². The van der Waals surface area contributed by atoms with Crippen molar-refractivity contribution < 1.29 is 9.53 Å². The van der Waals surface area contributed by atoms with Gasteiger partial charge in [-0.2, -0.15) is 4.98 Å². The van der Waals surface area contributed by atoms with E-state index in [0.29, 0.717) is 29.0 Å². The zero-order chi connectivity index (χ0) is 20.1. The molecule has 0 saturated heterocycles. The number of carbonyl (C=O) groups is 1. The number of ether oxygens (including phenoxy) is 1. The molecular formula is C21H21ClN4O2. The van der Waals surface area contributed by atoms with Crippen molar-refractivity contribution in [2.75, 3.05) is 17.2 Å². The van der Waals surface area contributed by atoms with E-state index in [1.165, 1.54) is 0 Å². The Bertz CT molecular complexity index is 990. The third-order valence-electron chi connectivity index (χ3n) is 4.04. The molecule has 0 unspecified atom stereocenters. The monoisotopic (exact) mass is 396 g/mol. The van der Waals surface area contributed by atoms with Gasteiger partial charge in [0.05, 0.1) is 12.2 Å². The molecule has 0 aliphatic carbocycles. The summed E-state index contributed by atoms with van der Waals surface area (Å²) in [5, 5.41) is 7.13. The minimum atomic E-state index is -0.343. The standard InChI is InChI=1S/C21H21ClN4O2/c1-4-28-20(27)15-8-10-16(11-9-15)24-21-23-13(2)12-19(26-21)25-18-7-5-6-17(22)14(18)3/h5-12H,4H2,1-3H3,(H2,23,24,25,26). The summed E-state index contributed by atoms with van der Waals surface area (Å²) in [5.41, 5.74) is 3.91. The van der Waals surface area contributed by atoms with Gasteiger partial charge in [-0.15, -0.1) is 0 Å². The van der Waals surface area contributed by atoms with E-state index in [1.807, 2.05) is 38.1 Å². The molecule has 0 radical (unpaired) electrons. The lowest BCUT2D eigenvalue weighted by Gasteiger charge is -2.12. The first-order chi connectivity index (χ1) is 13.5. The Morgan fingerprint density at radius 2 is 1.82 bits per heavy atom. The molecule has 6 nitrogen and oxygen atoms in total. The summed E-state index contributed by atoms with van der Waals surface area (Å²) in [5.74, 6) is 0.763. The zero-order valence-corrected chi connectivity index (χ0v) is 16.7. The second-order valence-electron chi connectivity index (χ2n) is 6.18. The summed E-state index contributed by atoms with van der Waals surface area (Å²) < 4.78 is 4.99. The molecule has 0 aliphatic rings. The largest absolute Gasteiger partial charge is 0.462 e. The minimum Gasteiger partial charge on any atom is -0.462 e. The highest BCUT2D eigenvalue weighted by molar-refractivity contribution is 6.31. The number of esters is 1. The predicted octanol–water partition coefficient (Wildman–Crippen LogP) is 5.41. The number of hydrogen-bond acceptors (Lipinski definition) is 6. The molecule has 144 valence electrons. The maximum Gasteiger partial charge on any atom is 0.338 e. The molecule has 0 aliphatic heterocycles. The first kappa shape index (κ1) is 19.6. The minimum absolute atomic E-state index is 0.343. The van der Waals surface area contributed by atoms with Crippen LogP contribution in [0.15, 0.2) is 48.5 Å². The summed E-state index contributed by atoms with van der Waals surface area (Å²) in [6, 6.07) is 14.5. The van der Waals surface area contributed by atoms with Gasteiger partial charge in [-0.1, -0.05) is 17.7 Å². The van der Waals surface area contributed by atoms with Crippen molar-refractivity contribution in [1.29, 1.82) is 0 Å². The lowest BCUT2D eigenvalue weighted by Crippen LogP contribution is -2.05. The van der Waals surface area contributed by atoms with Crippen LogP contribution in [0.1, 0.15) is 28.5 Å². The van der Waals surface area contributed by atoms with Crippen molar-refractivity contribution in [2.24, 2.45) is 0 Å². The average molecular weight is 397 g/mol. The molecule has 1 heterocycles. The van der Waals surface area contributed by atoms with E-state index in [-0.39, 0.29) is 5.97 Å². The van der Waals surface area contributed by atoms with Crippen LogP contribution in [0, 0.1) is 13.8 Å². The number of aryl methyl sites for hydroxylation is 1. The average Bonchev–Trinajstić information content (AvgIpc) is 2.66. The summed E-state index contributed by atoms with van der Waals surface area (Å²) in [7, 11) is 0. The van der Waals surface area contributed by atoms with Crippen LogP contribution < -0.4 is 10.6 Å². The second kappa shape index (κ2) is 8.71. The van der Waals surface area contributed by atoms with Gasteiger partial charge in [-0.05, 0) is 62.7 Å². The van der Waals surface area contributed by atoms with E-state index in [4.69, 9.17) is 16.3 Å². The fourth-order valence-corrected chi connectivity index (χ4v) is 2.78. The second-order valence-corrected chi connectivity index (χ2v) is 6.59. The van der Waals surface area contributed by atoms with E-state index < -0.39 is 0 Å². The van der Waals surface area contributed by atoms with Crippen LogP contribution in [0.2, 0.25) is 5.02 Å². The molecule has 3 rings (SSSR count). The van der Waals surface area contributed by atoms with Crippen LogP contribution in [0.5, 0.6) is 0 Å². The predicted molar refractivity (Wildman–Crippen MR) is 112 cm³/mol. The highest BCUT2D eigenvalue weighted by Crippen LogP contribution is 2.26. The van der Waals surface area contributed by atoms with E-state index in [0.717, 1.165) is 22.6 Å². The third kappa shape index (κ3) is 4.78. The maximum atomic E-state index is 11.7. The normalized spacial score (nSPS) is 10.4. The lowest BCUT2D eigenvalue weighted by atomic mass is 10.2. The van der Waals surface area contributed by atoms with Gasteiger partial charge in [0.15, 0.2) is 0 Å². The van der Waals surface area contributed by atoms with Crippen molar-refractivity contribution in [3.63, 3.8) is 0 Å². The number of rotatable bonds is 6. The van der Waals surface area contributed by atoms with Crippen molar-refractivity contribution in [3.8, 4) is 0 Å². The number of nitrogens with zero attached hydrogens (tertiary/aromatic N) is 2. The van der Waals surface area contributed by atoms with Crippen molar-refractivity contribution in [2.45, 2.75) is 20.8 Å². The van der Waals surface area contributed by atoms with Gasteiger partial charge in [-0.25, -0.2) is 9.78 Å². The number of nitrogens with one attached hydrogen (secondary N) is 2. The van der Waals surface area contributed by atoms with Gasteiger partial charge < -0.3 is 15.4 Å². The first-order valence-corrected chi connectivity index (χ1v) is 9.26. The number of anilines is 4. The number of halogens is 1. The quantitative estimate of drug-likeness (QED) is 0.542. The summed E-state index contributed by atoms with van der Waals surface area (Å²) >= 11 is 6.19. The molecule has 7 heteroatoms. The Hall–Kier alpha value is -3.12. The summed E-state index contributed by atoms with van der Waals surface area (Å²) in [6.07, 6.45) is 0. The Morgan fingerprint density at radius 1 is 1.07 bits per heavy atom. The van der Waals surface area contributed by atoms with Gasteiger partial charge in [-0.3, -0.25) is 0 Å². The van der Waals surface area contributed by atoms with Crippen molar-refractivity contribution in [3.05, 3.63) is 70.4 Å².